The molecule has 0 spiro atoms. The minimum Gasteiger partial charge on any atom is -0.466 e. The molecule has 2 N–H and O–H groups in total. The highest BCUT2D eigenvalue weighted by Gasteiger charge is 2.40. The number of carbonyl (C=O) groups is 1. The van der Waals surface area contributed by atoms with E-state index in [4.69, 9.17) is 10.5 Å². The Morgan fingerprint density at radius 3 is 2.94 bits per heavy atom. The van der Waals surface area contributed by atoms with Crippen molar-refractivity contribution in [2.24, 2.45) is 5.92 Å². The summed E-state index contributed by atoms with van der Waals surface area (Å²) in [5, 5.41) is 0. The maximum absolute atomic E-state index is 14.0. The van der Waals surface area contributed by atoms with E-state index in [9.17, 15) is 13.6 Å². The SMILES string of the molecule is CCOC(=O)C1Cc2c(F)cc(N)cc2C1F. The molecular weight excluding hydrogens is 228 g/mol. The van der Waals surface area contributed by atoms with Crippen molar-refractivity contribution in [2.75, 3.05) is 12.3 Å². The topological polar surface area (TPSA) is 52.3 Å². The molecule has 0 saturated heterocycles. The lowest BCUT2D eigenvalue weighted by Crippen LogP contribution is -2.19. The van der Waals surface area contributed by atoms with Gasteiger partial charge in [-0.3, -0.25) is 4.79 Å². The van der Waals surface area contributed by atoms with Gasteiger partial charge < -0.3 is 10.5 Å². The minimum atomic E-state index is -1.54. The van der Waals surface area contributed by atoms with Gasteiger partial charge in [0.1, 0.15) is 12.0 Å². The van der Waals surface area contributed by atoms with Gasteiger partial charge in [0, 0.05) is 5.69 Å². The van der Waals surface area contributed by atoms with E-state index in [2.05, 4.69) is 0 Å². The molecule has 0 aliphatic heterocycles. The molecular formula is C12H13F2NO2. The Labute approximate surface area is 97.6 Å². The van der Waals surface area contributed by atoms with Gasteiger partial charge in [-0.1, -0.05) is 0 Å². The molecule has 1 aliphatic rings. The van der Waals surface area contributed by atoms with E-state index in [1.807, 2.05) is 0 Å². The summed E-state index contributed by atoms with van der Waals surface area (Å²) in [7, 11) is 0. The number of ether oxygens (including phenoxy) is 1. The third-order valence-corrected chi connectivity index (χ3v) is 2.92. The number of benzene rings is 1. The van der Waals surface area contributed by atoms with Crippen molar-refractivity contribution in [1.29, 1.82) is 0 Å². The van der Waals surface area contributed by atoms with Crippen LogP contribution in [0.15, 0.2) is 12.1 Å². The summed E-state index contributed by atoms with van der Waals surface area (Å²) >= 11 is 0. The van der Waals surface area contributed by atoms with Gasteiger partial charge in [-0.25, -0.2) is 8.78 Å². The van der Waals surface area contributed by atoms with Crippen LogP contribution in [0.1, 0.15) is 24.2 Å². The highest BCUT2D eigenvalue weighted by molar-refractivity contribution is 5.75. The van der Waals surface area contributed by atoms with Gasteiger partial charge in [-0.05, 0) is 36.6 Å². The second-order valence-corrected chi connectivity index (χ2v) is 4.03. The van der Waals surface area contributed by atoms with Crippen molar-refractivity contribution >= 4 is 11.7 Å². The molecule has 0 aromatic heterocycles. The molecule has 3 nitrogen and oxygen atoms in total. The third kappa shape index (κ3) is 1.97. The summed E-state index contributed by atoms with van der Waals surface area (Å²) in [6, 6.07) is 2.52. The van der Waals surface area contributed by atoms with Crippen LogP contribution in [0.5, 0.6) is 0 Å². The average Bonchev–Trinajstić information content (AvgIpc) is 2.57. The van der Waals surface area contributed by atoms with Crippen LogP contribution in [0, 0.1) is 11.7 Å². The Morgan fingerprint density at radius 1 is 1.59 bits per heavy atom. The van der Waals surface area contributed by atoms with E-state index < -0.39 is 23.9 Å². The zero-order valence-corrected chi connectivity index (χ0v) is 9.37. The quantitative estimate of drug-likeness (QED) is 0.637. The molecule has 0 bridgehead atoms. The standard InChI is InChI=1S/C12H13F2NO2/c1-2-17-12(16)9-5-7-8(11(9)14)3-6(15)4-10(7)13/h3-4,9,11H,2,5,15H2,1H3. The van der Waals surface area contributed by atoms with E-state index in [-0.39, 0.29) is 29.8 Å². The van der Waals surface area contributed by atoms with E-state index in [0.29, 0.717) is 0 Å². The van der Waals surface area contributed by atoms with Crippen LogP contribution in [-0.4, -0.2) is 12.6 Å². The van der Waals surface area contributed by atoms with Crippen LogP contribution in [0.3, 0.4) is 0 Å². The Kier molecular flexibility index (Phi) is 3.00. The van der Waals surface area contributed by atoms with E-state index >= 15 is 0 Å². The normalized spacial score (nSPS) is 22.3. The average molecular weight is 241 g/mol. The highest BCUT2D eigenvalue weighted by Crippen LogP contribution is 2.41. The largest absolute Gasteiger partial charge is 0.466 e. The Hall–Kier alpha value is -1.65. The number of nitrogen functional groups attached to an aromatic ring is 1. The molecule has 2 rings (SSSR count). The second kappa shape index (κ2) is 4.31. The predicted octanol–water partition coefficient (Wildman–Crippen LogP) is 2.15. The summed E-state index contributed by atoms with van der Waals surface area (Å²) in [5.74, 6) is -2.15. The number of esters is 1. The van der Waals surface area contributed by atoms with Gasteiger partial charge in [-0.2, -0.15) is 0 Å². The van der Waals surface area contributed by atoms with Gasteiger partial charge >= 0.3 is 5.97 Å². The molecule has 2 unspecified atom stereocenters. The second-order valence-electron chi connectivity index (χ2n) is 4.03. The third-order valence-electron chi connectivity index (χ3n) is 2.92. The summed E-state index contributed by atoms with van der Waals surface area (Å²) < 4.78 is 32.3. The first-order valence-electron chi connectivity index (χ1n) is 5.43. The van der Waals surface area contributed by atoms with Crippen molar-refractivity contribution < 1.29 is 18.3 Å². The Balaban J connectivity index is 2.32. The molecule has 0 radical (unpaired) electrons. The fraction of sp³-hybridized carbons (Fsp3) is 0.417. The van der Waals surface area contributed by atoms with Crippen LogP contribution in [0.25, 0.3) is 0 Å². The molecule has 5 heteroatoms. The van der Waals surface area contributed by atoms with Crippen LogP contribution >= 0.6 is 0 Å². The summed E-state index contributed by atoms with van der Waals surface area (Å²) in [6.07, 6.45) is -1.51. The van der Waals surface area contributed by atoms with Crippen LogP contribution in [0.2, 0.25) is 0 Å². The maximum atomic E-state index is 14.0. The van der Waals surface area contributed by atoms with Crippen LogP contribution < -0.4 is 5.73 Å². The van der Waals surface area contributed by atoms with Gasteiger partial charge in [0.15, 0.2) is 0 Å². The number of fused-ring (bicyclic) bond motifs is 1. The van der Waals surface area contributed by atoms with E-state index in [0.717, 1.165) is 6.07 Å². The summed E-state index contributed by atoms with van der Waals surface area (Å²) in [5.41, 5.74) is 6.01. The number of hydrogen-bond acceptors (Lipinski definition) is 3. The monoisotopic (exact) mass is 241 g/mol. The molecule has 0 fully saturated rings. The van der Waals surface area contributed by atoms with Crippen molar-refractivity contribution in [3.05, 3.63) is 29.1 Å². The molecule has 0 saturated carbocycles. The highest BCUT2D eigenvalue weighted by atomic mass is 19.1. The number of alkyl halides is 1. The number of rotatable bonds is 2. The lowest BCUT2D eigenvalue weighted by molar-refractivity contribution is -0.149. The van der Waals surface area contributed by atoms with Gasteiger partial charge in [-0.15, -0.1) is 0 Å². The van der Waals surface area contributed by atoms with Crippen molar-refractivity contribution in [1.82, 2.24) is 0 Å². The zero-order valence-electron chi connectivity index (χ0n) is 9.37. The smallest absolute Gasteiger partial charge is 0.312 e. The van der Waals surface area contributed by atoms with Crippen LogP contribution in [-0.2, 0) is 16.0 Å². The van der Waals surface area contributed by atoms with Crippen molar-refractivity contribution in [2.45, 2.75) is 19.5 Å². The number of halogens is 2. The first-order chi connectivity index (χ1) is 8.04. The van der Waals surface area contributed by atoms with Crippen LogP contribution in [0.4, 0.5) is 14.5 Å². The number of carbonyl (C=O) groups excluding carboxylic acids is 1. The van der Waals surface area contributed by atoms with Crippen molar-refractivity contribution in [3.63, 3.8) is 0 Å². The minimum absolute atomic E-state index is 0.0292. The molecule has 92 valence electrons. The Bertz CT molecular complexity index is 462. The number of hydrogen-bond donors (Lipinski definition) is 1. The molecule has 17 heavy (non-hydrogen) atoms. The molecule has 1 aromatic rings. The predicted molar refractivity (Wildman–Crippen MR) is 58.5 cm³/mol. The van der Waals surface area contributed by atoms with Crippen molar-refractivity contribution in [3.8, 4) is 0 Å². The lowest BCUT2D eigenvalue weighted by Gasteiger charge is -2.11. The first-order valence-corrected chi connectivity index (χ1v) is 5.43. The van der Waals surface area contributed by atoms with E-state index in [1.165, 1.54) is 6.07 Å². The summed E-state index contributed by atoms with van der Waals surface area (Å²) in [6.45, 7) is 1.83. The molecule has 2 atom stereocenters. The summed E-state index contributed by atoms with van der Waals surface area (Å²) in [4.78, 5) is 11.5. The van der Waals surface area contributed by atoms with Gasteiger partial charge in [0.25, 0.3) is 0 Å². The molecule has 1 aliphatic carbocycles. The maximum Gasteiger partial charge on any atom is 0.312 e. The number of nitrogens with two attached hydrogens (primary N) is 1. The Morgan fingerprint density at radius 2 is 2.29 bits per heavy atom. The fourth-order valence-electron chi connectivity index (χ4n) is 2.13. The fourth-order valence-corrected chi connectivity index (χ4v) is 2.13. The molecule has 1 aromatic carbocycles. The number of anilines is 1. The lowest BCUT2D eigenvalue weighted by atomic mass is 10.1. The van der Waals surface area contributed by atoms with Gasteiger partial charge in [0.2, 0.25) is 0 Å². The first kappa shape index (κ1) is 11.8. The van der Waals surface area contributed by atoms with Gasteiger partial charge in [0.05, 0.1) is 12.5 Å². The van der Waals surface area contributed by atoms with E-state index in [1.54, 1.807) is 6.92 Å². The molecule has 0 amide bonds. The molecule has 0 heterocycles. The zero-order chi connectivity index (χ0) is 12.6.